The maximum Gasteiger partial charge on any atom is 0.138 e. The molecule has 2 fully saturated rings. The maximum atomic E-state index is 12.2. The van der Waals surface area contributed by atoms with Crippen molar-refractivity contribution in [2.24, 2.45) is 23.2 Å². The van der Waals surface area contributed by atoms with Crippen LogP contribution in [-0.2, 0) is 4.79 Å². The van der Waals surface area contributed by atoms with Gasteiger partial charge in [0.05, 0.1) is 6.61 Å². The van der Waals surface area contributed by atoms with Gasteiger partial charge in [-0.1, -0.05) is 19.1 Å². The number of aliphatic hydroxyl groups is 2. The molecule has 0 radical (unpaired) electrons. The molecule has 2 N–H and O–H groups in total. The largest absolute Gasteiger partial charge is 0.396 e. The normalized spacial score (nSPS) is 41.4. The Morgan fingerprint density at radius 3 is 2.78 bits per heavy atom. The lowest BCUT2D eigenvalue weighted by molar-refractivity contribution is -0.131. The number of rotatable bonds is 2. The van der Waals surface area contributed by atoms with Crippen LogP contribution in [0.2, 0.25) is 0 Å². The molecular weight excluding hydrogens is 228 g/mol. The average Bonchev–Trinajstić information content (AvgIpc) is 2.40. The Kier molecular flexibility index (Phi) is 3.93. The maximum absolute atomic E-state index is 12.2. The minimum atomic E-state index is -0.208. The van der Waals surface area contributed by atoms with Gasteiger partial charge in [-0.05, 0) is 42.9 Å². The van der Waals surface area contributed by atoms with Gasteiger partial charge >= 0.3 is 0 Å². The van der Waals surface area contributed by atoms with E-state index in [2.05, 4.69) is 13.5 Å². The summed E-state index contributed by atoms with van der Waals surface area (Å²) in [6, 6.07) is 0. The number of hydrogen-bond acceptors (Lipinski definition) is 3. The molecule has 0 amide bonds. The van der Waals surface area contributed by atoms with E-state index in [4.69, 9.17) is 0 Å². The second-order valence-electron chi connectivity index (χ2n) is 6.33. The fourth-order valence-electron chi connectivity index (χ4n) is 3.62. The molecule has 2 saturated carbocycles. The number of ketones is 1. The topological polar surface area (TPSA) is 57.5 Å². The fraction of sp³-hybridized carbons (Fsp3) is 0.800. The molecule has 0 heterocycles. The van der Waals surface area contributed by atoms with Crippen LogP contribution in [-0.4, -0.2) is 29.2 Å². The lowest BCUT2D eigenvalue weighted by Crippen LogP contribution is -2.50. The van der Waals surface area contributed by atoms with E-state index in [1.54, 1.807) is 0 Å². The zero-order chi connectivity index (χ0) is 13.3. The Hall–Kier alpha value is -0.670. The van der Waals surface area contributed by atoms with Crippen LogP contribution in [0.15, 0.2) is 12.2 Å². The highest BCUT2D eigenvalue weighted by Crippen LogP contribution is 2.56. The van der Waals surface area contributed by atoms with E-state index in [0.29, 0.717) is 12.3 Å². The van der Waals surface area contributed by atoms with Crippen molar-refractivity contribution in [2.45, 2.75) is 39.0 Å². The van der Waals surface area contributed by atoms with Gasteiger partial charge in [-0.15, -0.1) is 0 Å². The molecule has 2 aliphatic carbocycles. The van der Waals surface area contributed by atoms with E-state index < -0.39 is 0 Å². The van der Waals surface area contributed by atoms with Crippen molar-refractivity contribution in [1.82, 2.24) is 0 Å². The fourth-order valence-corrected chi connectivity index (χ4v) is 3.62. The van der Waals surface area contributed by atoms with Crippen LogP contribution in [0.3, 0.4) is 0 Å². The Labute approximate surface area is 109 Å². The van der Waals surface area contributed by atoms with Gasteiger partial charge in [0, 0.05) is 18.9 Å². The molecule has 102 valence electrons. The van der Waals surface area contributed by atoms with Gasteiger partial charge in [0.25, 0.3) is 0 Å². The van der Waals surface area contributed by atoms with Crippen molar-refractivity contribution in [3.8, 4) is 0 Å². The summed E-state index contributed by atoms with van der Waals surface area (Å²) in [4.78, 5) is 12.2. The molecular formula is C15H24O3. The van der Waals surface area contributed by atoms with Gasteiger partial charge in [0.15, 0.2) is 0 Å². The average molecular weight is 252 g/mol. The van der Waals surface area contributed by atoms with Crippen LogP contribution < -0.4 is 0 Å². The van der Waals surface area contributed by atoms with Gasteiger partial charge in [-0.2, -0.15) is 0 Å². The van der Waals surface area contributed by atoms with Crippen LogP contribution in [0, 0.1) is 23.2 Å². The third kappa shape index (κ3) is 2.26. The quantitative estimate of drug-likeness (QED) is 0.738. The molecule has 4 atom stereocenters. The van der Waals surface area contributed by atoms with Crippen LogP contribution in [0.25, 0.3) is 0 Å². The van der Waals surface area contributed by atoms with Crippen molar-refractivity contribution in [3.63, 3.8) is 0 Å². The minimum absolute atomic E-state index is 0.0431. The van der Waals surface area contributed by atoms with Crippen LogP contribution in [0.5, 0.6) is 0 Å². The predicted molar refractivity (Wildman–Crippen MR) is 70.0 cm³/mol. The number of Topliss-reactive ketones (excluding diaryl/α,β-unsaturated/α-hetero) is 1. The van der Waals surface area contributed by atoms with Gasteiger partial charge in [0.1, 0.15) is 5.78 Å². The lowest BCUT2D eigenvalue weighted by Gasteiger charge is -2.53. The number of fused-ring (bicyclic) bond motifs is 1. The van der Waals surface area contributed by atoms with E-state index in [-0.39, 0.29) is 36.2 Å². The van der Waals surface area contributed by atoms with E-state index in [9.17, 15) is 15.0 Å². The Bertz CT molecular complexity index is 350. The highest BCUT2D eigenvalue weighted by Gasteiger charge is 2.51. The molecule has 0 aliphatic heterocycles. The Balaban J connectivity index is 2.17. The number of carbonyl (C=O) groups excluding carboxylic acids is 1. The lowest BCUT2D eigenvalue weighted by atomic mass is 9.51. The highest BCUT2D eigenvalue weighted by molar-refractivity contribution is 5.81. The summed E-state index contributed by atoms with van der Waals surface area (Å²) in [5.74, 6) is 0.569. The van der Waals surface area contributed by atoms with Gasteiger partial charge in [-0.25, -0.2) is 0 Å². The molecule has 3 heteroatoms. The minimum Gasteiger partial charge on any atom is -0.396 e. The second-order valence-corrected chi connectivity index (χ2v) is 6.33. The number of hydrogen-bond donors (Lipinski definition) is 2. The first kappa shape index (κ1) is 13.8. The second kappa shape index (κ2) is 5.14. The van der Waals surface area contributed by atoms with Crippen molar-refractivity contribution in [1.29, 1.82) is 0 Å². The molecule has 0 unspecified atom stereocenters. The van der Waals surface area contributed by atoms with Crippen LogP contribution in [0.1, 0.15) is 39.0 Å². The molecule has 3 nitrogen and oxygen atoms in total. The van der Waals surface area contributed by atoms with Gasteiger partial charge in [-0.3, -0.25) is 4.79 Å². The molecule has 0 spiro atoms. The summed E-state index contributed by atoms with van der Waals surface area (Å²) in [6.45, 7) is 6.31. The molecule has 0 aromatic carbocycles. The molecule has 0 aromatic heterocycles. The summed E-state index contributed by atoms with van der Waals surface area (Å²) in [7, 11) is 0. The number of allylic oxidation sites excluding steroid dienone is 1. The van der Waals surface area contributed by atoms with Crippen molar-refractivity contribution < 1.29 is 15.0 Å². The number of aliphatic hydroxyl groups excluding tert-OH is 2. The molecule has 0 aromatic rings. The summed E-state index contributed by atoms with van der Waals surface area (Å²) >= 11 is 0. The van der Waals surface area contributed by atoms with Gasteiger partial charge < -0.3 is 10.2 Å². The Morgan fingerprint density at radius 2 is 2.17 bits per heavy atom. The van der Waals surface area contributed by atoms with E-state index in [1.165, 1.54) is 5.57 Å². The standard InChI is InChI=1S/C15H24O3/c1-10-4-3-5-11(8-16)14(18)6-13-12(10)7-15(13,2)9-17/h11-13,16-17H,1,3-9H2,2H3/t11-,12-,13-,15+/m1/s1. The zero-order valence-electron chi connectivity index (χ0n) is 11.2. The molecule has 0 bridgehead atoms. The van der Waals surface area contributed by atoms with E-state index in [1.807, 2.05) is 0 Å². The zero-order valence-corrected chi connectivity index (χ0v) is 11.2. The van der Waals surface area contributed by atoms with Crippen LogP contribution in [0.4, 0.5) is 0 Å². The molecule has 0 saturated heterocycles. The van der Waals surface area contributed by atoms with E-state index >= 15 is 0 Å². The summed E-state index contributed by atoms with van der Waals surface area (Å²) in [6.07, 6.45) is 4.10. The van der Waals surface area contributed by atoms with Crippen molar-refractivity contribution in [3.05, 3.63) is 12.2 Å². The SMILES string of the molecule is C=C1CCC[C@H](CO)C(=O)C[C@@H]2[C@@H]1C[C@@]2(C)CO. The summed E-state index contributed by atoms with van der Waals surface area (Å²) in [5.41, 5.74) is 1.10. The van der Waals surface area contributed by atoms with E-state index in [0.717, 1.165) is 25.7 Å². The summed E-state index contributed by atoms with van der Waals surface area (Å²) in [5, 5.41) is 18.8. The highest BCUT2D eigenvalue weighted by atomic mass is 16.3. The monoisotopic (exact) mass is 252 g/mol. The summed E-state index contributed by atoms with van der Waals surface area (Å²) < 4.78 is 0. The smallest absolute Gasteiger partial charge is 0.138 e. The third-order valence-electron chi connectivity index (χ3n) is 5.10. The molecule has 2 rings (SSSR count). The molecule has 2 aliphatic rings. The number of carbonyl (C=O) groups is 1. The first-order valence-corrected chi connectivity index (χ1v) is 6.94. The van der Waals surface area contributed by atoms with Crippen LogP contribution >= 0.6 is 0 Å². The Morgan fingerprint density at radius 1 is 1.44 bits per heavy atom. The third-order valence-corrected chi connectivity index (χ3v) is 5.10. The first-order chi connectivity index (χ1) is 8.51. The first-order valence-electron chi connectivity index (χ1n) is 6.94. The van der Waals surface area contributed by atoms with Gasteiger partial charge in [0.2, 0.25) is 0 Å². The molecule has 18 heavy (non-hydrogen) atoms. The van der Waals surface area contributed by atoms with Crippen molar-refractivity contribution >= 4 is 5.78 Å². The predicted octanol–water partition coefficient (Wildman–Crippen LogP) is 1.93. The van der Waals surface area contributed by atoms with Crippen molar-refractivity contribution in [2.75, 3.05) is 13.2 Å².